The van der Waals surface area contributed by atoms with E-state index in [1.807, 2.05) is 0 Å². The molecule has 7 heteroatoms. The molecule has 20 heavy (non-hydrogen) atoms. The smallest absolute Gasteiger partial charge is 0.313 e. The van der Waals surface area contributed by atoms with Gasteiger partial charge in [-0.05, 0) is 26.0 Å². The maximum atomic E-state index is 11.8. The van der Waals surface area contributed by atoms with Gasteiger partial charge >= 0.3 is 5.97 Å². The third-order valence-electron chi connectivity index (χ3n) is 3.15. The number of hydrogen-bond donors (Lipinski definition) is 2. The number of phenols is 1. The second kappa shape index (κ2) is 7.15. The van der Waals surface area contributed by atoms with Crippen LogP contribution >= 0.6 is 28.3 Å². The summed E-state index contributed by atoms with van der Waals surface area (Å²) in [6, 6.07) is 2.58. The second-order valence-electron chi connectivity index (χ2n) is 4.70. The van der Waals surface area contributed by atoms with Gasteiger partial charge in [-0.15, -0.1) is 12.4 Å². The molecule has 114 valence electrons. The third kappa shape index (κ3) is 3.37. The Morgan fingerprint density at radius 1 is 1.40 bits per heavy atom. The van der Waals surface area contributed by atoms with Gasteiger partial charge in [0.25, 0.3) is 0 Å². The zero-order valence-electron chi connectivity index (χ0n) is 11.8. The highest BCUT2D eigenvalue weighted by Crippen LogP contribution is 2.44. The van der Waals surface area contributed by atoms with Crippen molar-refractivity contribution in [1.82, 2.24) is 0 Å². The summed E-state index contributed by atoms with van der Waals surface area (Å²) < 4.78 is 10.4. The van der Waals surface area contributed by atoms with E-state index in [1.54, 1.807) is 26.0 Å². The lowest BCUT2D eigenvalue weighted by Crippen LogP contribution is -2.37. The molecule has 0 saturated carbocycles. The molecule has 5 nitrogen and oxygen atoms in total. The van der Waals surface area contributed by atoms with E-state index in [-0.39, 0.29) is 18.2 Å². The van der Waals surface area contributed by atoms with Crippen molar-refractivity contribution < 1.29 is 19.4 Å². The van der Waals surface area contributed by atoms with Crippen LogP contribution in [-0.4, -0.2) is 25.3 Å². The Kier molecular flexibility index (Phi) is 6.80. The Bertz CT molecular complexity index is 494. The lowest BCUT2D eigenvalue weighted by atomic mass is 9.80. The van der Waals surface area contributed by atoms with E-state index in [2.05, 4.69) is 15.9 Å². The van der Waals surface area contributed by atoms with E-state index in [4.69, 9.17) is 15.2 Å². The van der Waals surface area contributed by atoms with Crippen LogP contribution in [0.25, 0.3) is 0 Å². The largest absolute Gasteiger partial charge is 0.504 e. The molecular weight excluding hydrogens is 350 g/mol. The van der Waals surface area contributed by atoms with Crippen LogP contribution in [0.2, 0.25) is 0 Å². The Hall–Kier alpha value is -0.980. The molecule has 0 aliphatic rings. The minimum atomic E-state index is -0.985. The number of carbonyl (C=O) groups excluding carboxylic acids is 1. The first-order chi connectivity index (χ1) is 8.77. The van der Waals surface area contributed by atoms with Crippen molar-refractivity contribution in [3.05, 3.63) is 22.2 Å². The zero-order chi connectivity index (χ0) is 14.8. The first kappa shape index (κ1) is 19.0. The average Bonchev–Trinajstić information content (AvgIpc) is 2.37. The number of hydrogen-bond acceptors (Lipinski definition) is 5. The number of rotatable bonds is 4. The molecular formula is C13H19BrClNO4. The highest BCUT2D eigenvalue weighted by Gasteiger charge is 2.39. The van der Waals surface area contributed by atoms with Crippen LogP contribution < -0.4 is 10.5 Å². The minimum absolute atomic E-state index is 0. The van der Waals surface area contributed by atoms with Gasteiger partial charge in [-0.3, -0.25) is 4.79 Å². The van der Waals surface area contributed by atoms with Crippen LogP contribution in [0.3, 0.4) is 0 Å². The molecule has 0 fully saturated rings. The molecule has 0 aromatic heterocycles. The van der Waals surface area contributed by atoms with Crippen LogP contribution in [0.15, 0.2) is 16.6 Å². The summed E-state index contributed by atoms with van der Waals surface area (Å²) in [7, 11) is 2.75. The Morgan fingerprint density at radius 2 is 1.95 bits per heavy atom. The van der Waals surface area contributed by atoms with Gasteiger partial charge in [0, 0.05) is 10.0 Å². The number of phenolic OH excluding ortho intramolecular Hbond substituents is 1. The first-order valence-corrected chi connectivity index (χ1v) is 6.46. The van der Waals surface area contributed by atoms with E-state index >= 15 is 0 Å². The molecule has 0 aliphatic carbocycles. The maximum Gasteiger partial charge on any atom is 0.313 e. The molecule has 0 heterocycles. The highest BCUT2D eigenvalue weighted by atomic mass is 79.9. The van der Waals surface area contributed by atoms with Crippen molar-refractivity contribution >= 4 is 34.3 Å². The number of carbonyl (C=O) groups is 1. The molecule has 1 atom stereocenters. The maximum absolute atomic E-state index is 11.8. The fraction of sp³-hybridized carbons (Fsp3) is 0.462. The summed E-state index contributed by atoms with van der Waals surface area (Å²) in [5.41, 5.74) is 5.55. The third-order valence-corrected chi connectivity index (χ3v) is 3.84. The number of halogens is 2. The fourth-order valence-electron chi connectivity index (χ4n) is 1.77. The van der Waals surface area contributed by atoms with E-state index in [0.717, 1.165) is 0 Å². The zero-order valence-corrected chi connectivity index (χ0v) is 14.2. The van der Waals surface area contributed by atoms with Gasteiger partial charge < -0.3 is 20.3 Å². The normalized spacial score (nSPS) is 12.3. The number of ether oxygens (including phenoxy) is 2. The molecule has 0 radical (unpaired) electrons. The first-order valence-electron chi connectivity index (χ1n) is 5.66. The lowest BCUT2D eigenvalue weighted by molar-refractivity contribution is -0.152. The average molecular weight is 369 g/mol. The summed E-state index contributed by atoms with van der Waals surface area (Å²) in [6.07, 6.45) is 0. The lowest BCUT2D eigenvalue weighted by Gasteiger charge is -2.30. The summed E-state index contributed by atoms with van der Waals surface area (Å²) >= 11 is 3.33. The van der Waals surface area contributed by atoms with Crippen molar-refractivity contribution in [2.24, 2.45) is 11.1 Å². The monoisotopic (exact) mass is 367 g/mol. The summed E-state index contributed by atoms with van der Waals surface area (Å²) in [4.78, 5) is 11.8. The Labute approximate surface area is 133 Å². The van der Waals surface area contributed by atoms with Crippen molar-refractivity contribution in [2.45, 2.75) is 19.9 Å². The van der Waals surface area contributed by atoms with Gasteiger partial charge in [-0.2, -0.15) is 0 Å². The number of esters is 1. The summed E-state index contributed by atoms with van der Waals surface area (Å²) in [5, 5.41) is 10.2. The van der Waals surface area contributed by atoms with Crippen molar-refractivity contribution in [3.63, 3.8) is 0 Å². The molecule has 1 aromatic rings. The van der Waals surface area contributed by atoms with E-state index < -0.39 is 17.4 Å². The molecule has 0 unspecified atom stereocenters. The SMILES string of the molecule is COC(=O)C(C)(C)[C@H](N)c1c(Br)ccc(OC)c1O.Cl. The molecule has 0 saturated heterocycles. The topological polar surface area (TPSA) is 81.8 Å². The van der Waals surface area contributed by atoms with E-state index in [0.29, 0.717) is 15.8 Å². The quantitative estimate of drug-likeness (QED) is 0.799. The molecule has 3 N–H and O–H groups in total. The molecule has 1 rings (SSSR count). The van der Waals surface area contributed by atoms with Crippen LogP contribution in [0.5, 0.6) is 11.5 Å². The molecule has 0 bridgehead atoms. The van der Waals surface area contributed by atoms with Crippen LogP contribution in [0.1, 0.15) is 25.5 Å². The second-order valence-corrected chi connectivity index (χ2v) is 5.56. The van der Waals surface area contributed by atoms with Gasteiger partial charge in [0.15, 0.2) is 11.5 Å². The van der Waals surface area contributed by atoms with Gasteiger partial charge in [-0.25, -0.2) is 0 Å². The van der Waals surface area contributed by atoms with Gasteiger partial charge in [0.05, 0.1) is 25.7 Å². The number of nitrogens with two attached hydrogens (primary N) is 1. The summed E-state index contributed by atoms with van der Waals surface area (Å²) in [5.74, 6) is -0.232. The predicted octanol–water partition coefficient (Wildman–Crippen LogP) is 2.78. The Morgan fingerprint density at radius 3 is 2.40 bits per heavy atom. The molecule has 1 aromatic carbocycles. The van der Waals surface area contributed by atoms with E-state index in [9.17, 15) is 9.90 Å². The molecule has 0 spiro atoms. The number of benzene rings is 1. The Balaban J connectivity index is 0.00000361. The van der Waals surface area contributed by atoms with Gasteiger partial charge in [0.2, 0.25) is 0 Å². The number of methoxy groups -OCH3 is 2. The molecule has 0 amide bonds. The molecule has 0 aliphatic heterocycles. The van der Waals surface area contributed by atoms with Crippen molar-refractivity contribution in [3.8, 4) is 11.5 Å². The highest BCUT2D eigenvalue weighted by molar-refractivity contribution is 9.10. The van der Waals surface area contributed by atoms with Gasteiger partial charge in [-0.1, -0.05) is 15.9 Å². The van der Waals surface area contributed by atoms with E-state index in [1.165, 1.54) is 14.2 Å². The van der Waals surface area contributed by atoms with Crippen LogP contribution in [-0.2, 0) is 9.53 Å². The van der Waals surface area contributed by atoms with Crippen molar-refractivity contribution in [2.75, 3.05) is 14.2 Å². The van der Waals surface area contributed by atoms with Gasteiger partial charge in [0.1, 0.15) is 0 Å². The van der Waals surface area contributed by atoms with Crippen LogP contribution in [0, 0.1) is 5.41 Å². The fourth-order valence-corrected chi connectivity index (χ4v) is 2.34. The van der Waals surface area contributed by atoms with Crippen molar-refractivity contribution in [1.29, 1.82) is 0 Å². The number of aromatic hydroxyl groups is 1. The van der Waals surface area contributed by atoms with Crippen LogP contribution in [0.4, 0.5) is 0 Å². The summed E-state index contributed by atoms with van der Waals surface area (Å²) in [6.45, 7) is 3.32. The minimum Gasteiger partial charge on any atom is -0.504 e. The predicted molar refractivity (Wildman–Crippen MR) is 82.3 cm³/mol. The standard InChI is InChI=1S/C13H18BrNO4.ClH/c1-13(2,12(17)19-4)11(15)9-7(14)5-6-8(18-3)10(9)16;/h5-6,11,16H,15H2,1-4H3;1H/t11-;/m1./s1.